The normalized spacial score (nSPS) is 14.7. The Morgan fingerprint density at radius 2 is 2.00 bits per heavy atom. The van der Waals surface area contributed by atoms with Gasteiger partial charge in [-0.15, -0.1) is 0 Å². The lowest BCUT2D eigenvalue weighted by Crippen LogP contribution is -2.35. The molecule has 1 aromatic rings. The van der Waals surface area contributed by atoms with Crippen LogP contribution < -0.4 is 0 Å². The van der Waals surface area contributed by atoms with Crippen LogP contribution >= 0.6 is 15.9 Å². The molecule has 0 N–H and O–H groups in total. The van der Waals surface area contributed by atoms with E-state index in [0.717, 1.165) is 30.3 Å². The van der Waals surface area contributed by atoms with Crippen LogP contribution in [0.3, 0.4) is 0 Å². The number of nitrogens with zero attached hydrogens (tertiary/aromatic N) is 1. The molecule has 0 aromatic heterocycles. The summed E-state index contributed by atoms with van der Waals surface area (Å²) in [6, 6.07) is 6.57. The summed E-state index contributed by atoms with van der Waals surface area (Å²) in [5.74, 6) is -0.126. The first-order chi connectivity index (χ1) is 8.20. The summed E-state index contributed by atoms with van der Waals surface area (Å²) in [7, 11) is 0. The van der Waals surface area contributed by atoms with Gasteiger partial charge in [-0.25, -0.2) is 4.39 Å². The second-order valence-electron chi connectivity index (χ2n) is 4.31. The zero-order chi connectivity index (χ0) is 12.3. The van der Waals surface area contributed by atoms with E-state index in [0.29, 0.717) is 12.5 Å². The van der Waals surface area contributed by atoms with Gasteiger partial charge < -0.3 is 4.90 Å². The monoisotopic (exact) mass is 299 g/mol. The summed E-state index contributed by atoms with van der Waals surface area (Å²) in [4.78, 5) is 14.0. The molecule has 0 atom stereocenters. The van der Waals surface area contributed by atoms with Gasteiger partial charge in [0.15, 0.2) is 0 Å². The van der Waals surface area contributed by atoms with Crippen molar-refractivity contribution in [3.05, 3.63) is 35.6 Å². The number of alkyl halides is 1. The van der Waals surface area contributed by atoms with E-state index in [1.165, 1.54) is 12.1 Å². The average Bonchev–Trinajstić information content (AvgIpc) is 3.13. The molecular weight excluding hydrogens is 285 g/mol. The van der Waals surface area contributed by atoms with Gasteiger partial charge in [0.2, 0.25) is 5.91 Å². The molecule has 1 amide bonds. The fourth-order valence-electron chi connectivity index (χ4n) is 1.87. The molecule has 0 spiro atoms. The maximum absolute atomic E-state index is 12.7. The third-order valence-electron chi connectivity index (χ3n) is 2.90. The SMILES string of the molecule is O=C(Cc1ccc(F)cc1)N(CCBr)C1CC1. The van der Waals surface area contributed by atoms with Crippen LogP contribution in [0.5, 0.6) is 0 Å². The first kappa shape index (κ1) is 12.6. The van der Waals surface area contributed by atoms with Crippen molar-refractivity contribution in [2.75, 3.05) is 11.9 Å². The van der Waals surface area contributed by atoms with E-state index >= 15 is 0 Å². The van der Waals surface area contributed by atoms with Crippen molar-refractivity contribution >= 4 is 21.8 Å². The number of carbonyl (C=O) groups is 1. The van der Waals surface area contributed by atoms with Gasteiger partial charge >= 0.3 is 0 Å². The molecule has 4 heteroatoms. The summed E-state index contributed by atoms with van der Waals surface area (Å²) < 4.78 is 12.7. The Bertz CT molecular complexity index is 389. The van der Waals surface area contributed by atoms with Gasteiger partial charge in [-0.2, -0.15) is 0 Å². The van der Waals surface area contributed by atoms with Crippen LogP contribution in [-0.2, 0) is 11.2 Å². The second kappa shape index (κ2) is 5.63. The number of hydrogen-bond acceptors (Lipinski definition) is 1. The van der Waals surface area contributed by atoms with Crippen LogP contribution in [0.1, 0.15) is 18.4 Å². The molecular formula is C13H15BrFNO. The number of hydrogen-bond donors (Lipinski definition) is 0. The highest BCUT2D eigenvalue weighted by Crippen LogP contribution is 2.27. The third-order valence-corrected chi connectivity index (χ3v) is 3.26. The van der Waals surface area contributed by atoms with Gasteiger partial charge in [0.1, 0.15) is 5.82 Å². The molecule has 0 aliphatic heterocycles. The summed E-state index contributed by atoms with van der Waals surface area (Å²) in [5, 5.41) is 0.804. The Kier molecular flexibility index (Phi) is 4.15. The van der Waals surface area contributed by atoms with Crippen LogP contribution in [0.15, 0.2) is 24.3 Å². The fraction of sp³-hybridized carbons (Fsp3) is 0.462. The minimum atomic E-state index is -0.263. The van der Waals surface area contributed by atoms with Crippen LogP contribution in [0, 0.1) is 5.82 Å². The molecule has 17 heavy (non-hydrogen) atoms. The zero-order valence-corrected chi connectivity index (χ0v) is 11.1. The van der Waals surface area contributed by atoms with Crippen molar-refractivity contribution in [2.45, 2.75) is 25.3 Å². The molecule has 2 nitrogen and oxygen atoms in total. The molecule has 1 saturated carbocycles. The first-order valence-electron chi connectivity index (χ1n) is 5.80. The minimum Gasteiger partial charge on any atom is -0.339 e. The Balaban J connectivity index is 1.96. The van der Waals surface area contributed by atoms with Gasteiger partial charge in [-0.05, 0) is 30.5 Å². The van der Waals surface area contributed by atoms with Crippen molar-refractivity contribution in [3.8, 4) is 0 Å². The van der Waals surface area contributed by atoms with Gasteiger partial charge in [0, 0.05) is 17.9 Å². The number of halogens is 2. The van der Waals surface area contributed by atoms with E-state index in [1.54, 1.807) is 12.1 Å². The molecule has 1 aliphatic carbocycles. The van der Waals surface area contributed by atoms with Crippen molar-refractivity contribution < 1.29 is 9.18 Å². The number of rotatable bonds is 5. The largest absolute Gasteiger partial charge is 0.339 e. The Morgan fingerprint density at radius 3 is 2.53 bits per heavy atom. The van der Waals surface area contributed by atoms with Crippen molar-refractivity contribution in [1.82, 2.24) is 4.90 Å². The lowest BCUT2D eigenvalue weighted by molar-refractivity contribution is -0.130. The van der Waals surface area contributed by atoms with Gasteiger partial charge in [0.25, 0.3) is 0 Å². The van der Waals surface area contributed by atoms with Crippen LogP contribution in [-0.4, -0.2) is 28.7 Å². The maximum Gasteiger partial charge on any atom is 0.227 e. The van der Waals surface area contributed by atoms with Crippen molar-refractivity contribution in [3.63, 3.8) is 0 Å². The molecule has 2 rings (SSSR count). The van der Waals surface area contributed by atoms with Gasteiger partial charge in [-0.1, -0.05) is 28.1 Å². The average molecular weight is 300 g/mol. The van der Waals surface area contributed by atoms with Crippen LogP contribution in [0.2, 0.25) is 0 Å². The van der Waals surface area contributed by atoms with Gasteiger partial charge in [-0.3, -0.25) is 4.79 Å². The van der Waals surface area contributed by atoms with Gasteiger partial charge in [0.05, 0.1) is 6.42 Å². The van der Waals surface area contributed by atoms with E-state index in [-0.39, 0.29) is 11.7 Å². The number of amides is 1. The summed E-state index contributed by atoms with van der Waals surface area (Å²) in [6.45, 7) is 0.755. The molecule has 92 valence electrons. The predicted octanol–water partition coefficient (Wildman–Crippen LogP) is 2.75. The first-order valence-corrected chi connectivity index (χ1v) is 6.92. The maximum atomic E-state index is 12.7. The minimum absolute atomic E-state index is 0.138. The van der Waals surface area contributed by atoms with E-state index in [4.69, 9.17) is 0 Å². The predicted molar refractivity (Wildman–Crippen MR) is 68.6 cm³/mol. The standard InChI is InChI=1S/C13H15BrFNO/c14-7-8-16(12-5-6-12)13(17)9-10-1-3-11(15)4-2-10/h1-4,12H,5-9H2. The summed E-state index contributed by atoms with van der Waals surface area (Å²) in [5.41, 5.74) is 0.872. The lowest BCUT2D eigenvalue weighted by Gasteiger charge is -2.21. The second-order valence-corrected chi connectivity index (χ2v) is 5.10. The molecule has 0 unspecified atom stereocenters. The van der Waals surface area contributed by atoms with Crippen molar-refractivity contribution in [1.29, 1.82) is 0 Å². The van der Waals surface area contributed by atoms with E-state index in [2.05, 4.69) is 15.9 Å². The van der Waals surface area contributed by atoms with Crippen LogP contribution in [0.25, 0.3) is 0 Å². The topological polar surface area (TPSA) is 20.3 Å². The number of benzene rings is 1. The summed E-state index contributed by atoms with van der Waals surface area (Å²) in [6.07, 6.45) is 2.59. The highest BCUT2D eigenvalue weighted by molar-refractivity contribution is 9.09. The third kappa shape index (κ3) is 3.53. The molecule has 0 heterocycles. The van der Waals surface area contributed by atoms with Crippen LogP contribution in [0.4, 0.5) is 4.39 Å². The molecule has 0 saturated heterocycles. The Labute approximate surface area is 109 Å². The smallest absolute Gasteiger partial charge is 0.227 e. The summed E-state index contributed by atoms with van der Waals surface area (Å²) >= 11 is 3.37. The highest BCUT2D eigenvalue weighted by Gasteiger charge is 2.31. The van der Waals surface area contributed by atoms with E-state index in [9.17, 15) is 9.18 Å². The zero-order valence-electron chi connectivity index (χ0n) is 9.53. The lowest BCUT2D eigenvalue weighted by atomic mass is 10.1. The van der Waals surface area contributed by atoms with E-state index < -0.39 is 0 Å². The molecule has 1 fully saturated rings. The molecule has 0 radical (unpaired) electrons. The molecule has 1 aromatic carbocycles. The quantitative estimate of drug-likeness (QED) is 0.766. The van der Waals surface area contributed by atoms with E-state index in [1.807, 2.05) is 4.90 Å². The highest BCUT2D eigenvalue weighted by atomic mass is 79.9. The Morgan fingerprint density at radius 1 is 1.35 bits per heavy atom. The molecule has 0 bridgehead atoms. The molecule has 1 aliphatic rings. The Hall–Kier alpha value is -0.900. The van der Waals surface area contributed by atoms with Crippen molar-refractivity contribution in [2.24, 2.45) is 0 Å². The fourth-order valence-corrected chi connectivity index (χ4v) is 2.25. The number of carbonyl (C=O) groups excluding carboxylic acids is 1.